The normalized spacial score (nSPS) is 19.3. The van der Waals surface area contributed by atoms with Crippen LogP contribution in [0.4, 0.5) is 0 Å². The molecule has 2 aromatic rings. The second kappa shape index (κ2) is 10.6. The van der Waals surface area contributed by atoms with Gasteiger partial charge >= 0.3 is 0 Å². The molecule has 2 atom stereocenters. The van der Waals surface area contributed by atoms with E-state index in [1.54, 1.807) is 0 Å². The lowest BCUT2D eigenvalue weighted by atomic mass is 9.84. The van der Waals surface area contributed by atoms with E-state index in [1.807, 2.05) is 12.1 Å². The van der Waals surface area contributed by atoms with Crippen molar-refractivity contribution in [2.45, 2.75) is 64.3 Å². The van der Waals surface area contributed by atoms with Crippen LogP contribution in [0.1, 0.15) is 63.3 Å². The van der Waals surface area contributed by atoms with Crippen LogP contribution in [0.25, 0.3) is 11.4 Å². The van der Waals surface area contributed by atoms with Crippen molar-refractivity contribution in [2.24, 2.45) is 11.7 Å². The Hall–Kier alpha value is -1.92. The van der Waals surface area contributed by atoms with Crippen molar-refractivity contribution in [2.75, 3.05) is 6.54 Å². The molecule has 1 aliphatic carbocycles. The molecule has 1 aromatic heterocycles. The van der Waals surface area contributed by atoms with Gasteiger partial charge in [0.2, 0.25) is 17.6 Å². The molecule has 1 aromatic carbocycles. The zero-order valence-electron chi connectivity index (χ0n) is 16.7. The van der Waals surface area contributed by atoms with E-state index in [0.29, 0.717) is 42.9 Å². The fourth-order valence-corrected chi connectivity index (χ4v) is 3.67. The molecule has 0 saturated heterocycles. The van der Waals surface area contributed by atoms with E-state index < -0.39 is 0 Å². The van der Waals surface area contributed by atoms with Gasteiger partial charge in [-0.05, 0) is 36.8 Å². The Bertz CT molecular complexity index is 745. The number of nitrogens with one attached hydrogen (secondary N) is 1. The highest BCUT2D eigenvalue weighted by molar-refractivity contribution is 5.85. The van der Waals surface area contributed by atoms with E-state index in [1.165, 1.54) is 12.0 Å². The van der Waals surface area contributed by atoms with Gasteiger partial charge in [0, 0.05) is 24.4 Å². The SMILES string of the molecule is CC(C)c1ccc(-c2noc(CCC(=O)NC3CCCCC3CN)n2)cc1.Cl. The molecule has 1 heterocycles. The summed E-state index contributed by atoms with van der Waals surface area (Å²) in [6, 6.07) is 8.39. The Morgan fingerprint density at radius 3 is 2.64 bits per heavy atom. The number of carbonyl (C=O) groups excluding carboxylic acids is 1. The Kier molecular flexibility index (Phi) is 8.45. The summed E-state index contributed by atoms with van der Waals surface area (Å²) in [5.74, 6) is 1.97. The number of aryl methyl sites for hydroxylation is 1. The van der Waals surface area contributed by atoms with Gasteiger partial charge in [0.05, 0.1) is 0 Å². The molecule has 0 aliphatic heterocycles. The average Bonchev–Trinajstić information content (AvgIpc) is 3.16. The molecular formula is C21H31ClN4O2. The number of benzene rings is 1. The Labute approximate surface area is 173 Å². The number of halogens is 1. The third-order valence-corrected chi connectivity index (χ3v) is 5.43. The molecule has 0 spiro atoms. The van der Waals surface area contributed by atoms with Crippen molar-refractivity contribution in [1.29, 1.82) is 0 Å². The standard InChI is InChI=1S/C21H30N4O2.ClH/c1-14(2)15-7-9-16(10-8-15)21-24-20(27-25-21)12-11-19(26)23-18-6-4-3-5-17(18)13-22;/h7-10,14,17-18H,3-6,11-13,22H2,1-2H3,(H,23,26);1H. The number of rotatable bonds is 7. The van der Waals surface area contributed by atoms with Gasteiger partial charge in [-0.1, -0.05) is 56.1 Å². The summed E-state index contributed by atoms with van der Waals surface area (Å²) in [5.41, 5.74) is 8.03. The smallest absolute Gasteiger partial charge is 0.227 e. The predicted octanol–water partition coefficient (Wildman–Crippen LogP) is 3.85. The van der Waals surface area contributed by atoms with Crippen LogP contribution in [-0.4, -0.2) is 28.6 Å². The van der Waals surface area contributed by atoms with Gasteiger partial charge in [-0.2, -0.15) is 4.98 Å². The number of nitrogens with two attached hydrogens (primary N) is 1. The minimum atomic E-state index is 0. The van der Waals surface area contributed by atoms with Crippen molar-refractivity contribution in [3.8, 4) is 11.4 Å². The van der Waals surface area contributed by atoms with Gasteiger partial charge in [-0.25, -0.2) is 0 Å². The minimum absolute atomic E-state index is 0. The van der Waals surface area contributed by atoms with E-state index in [2.05, 4.69) is 41.4 Å². The maximum absolute atomic E-state index is 12.3. The lowest BCUT2D eigenvalue weighted by molar-refractivity contribution is -0.122. The third-order valence-electron chi connectivity index (χ3n) is 5.43. The van der Waals surface area contributed by atoms with E-state index in [4.69, 9.17) is 10.3 Å². The van der Waals surface area contributed by atoms with E-state index in [-0.39, 0.29) is 24.4 Å². The van der Waals surface area contributed by atoms with Gasteiger partial charge in [-0.15, -0.1) is 12.4 Å². The van der Waals surface area contributed by atoms with Crippen LogP contribution in [0.5, 0.6) is 0 Å². The molecule has 6 nitrogen and oxygen atoms in total. The quantitative estimate of drug-likeness (QED) is 0.728. The Morgan fingerprint density at radius 2 is 1.96 bits per heavy atom. The average molecular weight is 407 g/mol. The van der Waals surface area contributed by atoms with Crippen LogP contribution in [-0.2, 0) is 11.2 Å². The number of aromatic nitrogens is 2. The van der Waals surface area contributed by atoms with Crippen LogP contribution >= 0.6 is 12.4 Å². The minimum Gasteiger partial charge on any atom is -0.353 e. The van der Waals surface area contributed by atoms with E-state index in [9.17, 15) is 4.79 Å². The van der Waals surface area contributed by atoms with Crippen LogP contribution in [0.2, 0.25) is 0 Å². The second-order valence-electron chi connectivity index (χ2n) is 7.74. The molecule has 2 unspecified atom stereocenters. The van der Waals surface area contributed by atoms with Crippen LogP contribution in [0, 0.1) is 5.92 Å². The summed E-state index contributed by atoms with van der Waals surface area (Å²) >= 11 is 0. The van der Waals surface area contributed by atoms with Gasteiger partial charge in [0.25, 0.3) is 0 Å². The zero-order valence-corrected chi connectivity index (χ0v) is 17.5. The molecule has 3 N–H and O–H groups in total. The maximum atomic E-state index is 12.3. The predicted molar refractivity (Wildman–Crippen MR) is 112 cm³/mol. The molecule has 0 radical (unpaired) electrons. The first kappa shape index (κ1) is 22.4. The first-order valence-corrected chi connectivity index (χ1v) is 9.99. The number of hydrogen-bond acceptors (Lipinski definition) is 5. The van der Waals surface area contributed by atoms with Gasteiger partial charge < -0.3 is 15.6 Å². The Morgan fingerprint density at radius 1 is 1.25 bits per heavy atom. The molecule has 1 fully saturated rings. The summed E-state index contributed by atoms with van der Waals surface area (Å²) in [4.78, 5) is 16.7. The molecule has 3 rings (SSSR count). The van der Waals surface area contributed by atoms with E-state index in [0.717, 1.165) is 24.8 Å². The zero-order chi connectivity index (χ0) is 19.2. The molecule has 154 valence electrons. The van der Waals surface area contributed by atoms with Crippen LogP contribution in [0.15, 0.2) is 28.8 Å². The molecule has 1 amide bonds. The lowest BCUT2D eigenvalue weighted by Crippen LogP contribution is -2.44. The van der Waals surface area contributed by atoms with Crippen molar-refractivity contribution in [3.05, 3.63) is 35.7 Å². The second-order valence-corrected chi connectivity index (χ2v) is 7.74. The topological polar surface area (TPSA) is 94.0 Å². The number of amides is 1. The fraction of sp³-hybridized carbons (Fsp3) is 0.571. The highest BCUT2D eigenvalue weighted by atomic mass is 35.5. The number of nitrogens with zero attached hydrogens (tertiary/aromatic N) is 2. The third kappa shape index (κ3) is 5.79. The molecule has 1 saturated carbocycles. The lowest BCUT2D eigenvalue weighted by Gasteiger charge is -2.31. The highest BCUT2D eigenvalue weighted by Gasteiger charge is 2.25. The summed E-state index contributed by atoms with van der Waals surface area (Å²) in [6.45, 7) is 4.96. The molecule has 0 bridgehead atoms. The maximum Gasteiger partial charge on any atom is 0.227 e. The largest absolute Gasteiger partial charge is 0.353 e. The van der Waals surface area contributed by atoms with Crippen molar-refractivity contribution < 1.29 is 9.32 Å². The molecule has 7 heteroatoms. The van der Waals surface area contributed by atoms with Crippen LogP contribution in [0.3, 0.4) is 0 Å². The highest BCUT2D eigenvalue weighted by Crippen LogP contribution is 2.24. The fourth-order valence-electron chi connectivity index (χ4n) is 3.67. The summed E-state index contributed by atoms with van der Waals surface area (Å²) in [5, 5.41) is 7.18. The van der Waals surface area contributed by atoms with Gasteiger partial charge in [0.1, 0.15) is 0 Å². The van der Waals surface area contributed by atoms with Crippen LogP contribution < -0.4 is 11.1 Å². The first-order chi connectivity index (χ1) is 13.1. The first-order valence-electron chi connectivity index (χ1n) is 9.99. The van der Waals surface area contributed by atoms with Crippen molar-refractivity contribution in [3.63, 3.8) is 0 Å². The van der Waals surface area contributed by atoms with E-state index >= 15 is 0 Å². The van der Waals surface area contributed by atoms with Crippen molar-refractivity contribution >= 4 is 18.3 Å². The summed E-state index contributed by atoms with van der Waals surface area (Å²) in [6.07, 6.45) is 5.28. The molecule has 1 aliphatic rings. The van der Waals surface area contributed by atoms with Gasteiger partial charge in [0.15, 0.2) is 0 Å². The summed E-state index contributed by atoms with van der Waals surface area (Å²) < 4.78 is 5.32. The molecular weight excluding hydrogens is 376 g/mol. The molecule has 28 heavy (non-hydrogen) atoms. The monoisotopic (exact) mass is 406 g/mol. The summed E-state index contributed by atoms with van der Waals surface area (Å²) in [7, 11) is 0. The Balaban J connectivity index is 0.00000280. The number of hydrogen-bond donors (Lipinski definition) is 2. The van der Waals surface area contributed by atoms with Crippen molar-refractivity contribution in [1.82, 2.24) is 15.5 Å². The van der Waals surface area contributed by atoms with Gasteiger partial charge in [-0.3, -0.25) is 4.79 Å². The number of carbonyl (C=O) groups is 1.